The zero-order chi connectivity index (χ0) is 11.3. The number of thioether (sulfide) groups is 1. The van der Waals surface area contributed by atoms with Crippen LogP contribution in [0.15, 0.2) is 15.9 Å². The van der Waals surface area contributed by atoms with E-state index in [4.69, 9.17) is 0 Å². The predicted molar refractivity (Wildman–Crippen MR) is 69.1 cm³/mol. The Morgan fingerprint density at radius 1 is 1.56 bits per heavy atom. The minimum Gasteiger partial charge on any atom is -0.506 e. The van der Waals surface area contributed by atoms with Crippen LogP contribution in [0.25, 0.3) is 19.6 Å². The topological polar surface area (TPSA) is 66.0 Å². The van der Waals surface area contributed by atoms with Gasteiger partial charge in [0.15, 0.2) is 0 Å². The summed E-state index contributed by atoms with van der Waals surface area (Å²) in [6, 6.07) is 1.20. The van der Waals surface area contributed by atoms with Crippen molar-refractivity contribution in [1.29, 1.82) is 0 Å². The van der Waals surface area contributed by atoms with Crippen LogP contribution in [0.2, 0.25) is 0 Å². The molecule has 0 amide bonds. The van der Waals surface area contributed by atoms with Crippen molar-refractivity contribution in [3.8, 4) is 5.75 Å². The molecule has 0 saturated heterocycles. The Morgan fingerprint density at radius 2 is 2.38 bits per heavy atom. The molecule has 0 bridgehead atoms. The number of hydrogen-bond acceptors (Lipinski definition) is 6. The van der Waals surface area contributed by atoms with Gasteiger partial charge in [-0.3, -0.25) is 4.79 Å². The monoisotopic (exact) mass is 270 g/mol. The number of aromatic amines is 1. The van der Waals surface area contributed by atoms with E-state index < -0.39 is 0 Å². The molecule has 0 fully saturated rings. The molecule has 0 aromatic carbocycles. The predicted octanol–water partition coefficient (Wildman–Crippen LogP) is 2.63. The quantitative estimate of drug-likeness (QED) is 0.667. The Kier molecular flexibility index (Phi) is 2.20. The van der Waals surface area contributed by atoms with Crippen molar-refractivity contribution >= 4 is 54.2 Å². The molecule has 4 nitrogen and oxygen atoms in total. The molecule has 0 unspecified atom stereocenters. The van der Waals surface area contributed by atoms with Crippen molar-refractivity contribution in [3.63, 3.8) is 0 Å². The lowest BCUT2D eigenvalue weighted by Crippen LogP contribution is -2.01. The van der Waals surface area contributed by atoms with E-state index >= 15 is 0 Å². The van der Waals surface area contributed by atoms with E-state index in [1.54, 1.807) is 0 Å². The Hall–Kier alpha value is -1.05. The first-order valence-corrected chi connectivity index (χ1v) is 7.20. The fourth-order valence-electron chi connectivity index (χ4n) is 1.59. The number of thiophene rings is 1. The lowest BCUT2D eigenvalue weighted by atomic mass is 10.3. The number of fused-ring (bicyclic) bond motifs is 3. The molecule has 3 rings (SSSR count). The molecule has 0 aliphatic carbocycles. The third kappa shape index (κ3) is 1.28. The third-order valence-corrected chi connectivity index (χ3v) is 5.17. The number of rotatable bonds is 1. The smallest absolute Gasteiger partial charge is 0.252 e. The van der Waals surface area contributed by atoms with Crippen LogP contribution in [0, 0.1) is 0 Å². The van der Waals surface area contributed by atoms with Gasteiger partial charge < -0.3 is 10.1 Å². The molecule has 3 aromatic rings. The van der Waals surface area contributed by atoms with E-state index in [1.165, 1.54) is 40.7 Å². The second kappa shape index (κ2) is 3.47. The van der Waals surface area contributed by atoms with Gasteiger partial charge in [0.2, 0.25) is 0 Å². The summed E-state index contributed by atoms with van der Waals surface area (Å²) in [7, 11) is 0. The number of pyridine rings is 1. The van der Waals surface area contributed by atoms with Crippen LogP contribution >= 0.6 is 34.6 Å². The van der Waals surface area contributed by atoms with Gasteiger partial charge in [-0.1, -0.05) is 0 Å². The first-order valence-electron chi connectivity index (χ1n) is 4.39. The zero-order valence-corrected chi connectivity index (χ0v) is 10.6. The summed E-state index contributed by atoms with van der Waals surface area (Å²) < 4.78 is 6.04. The molecule has 0 atom stereocenters. The van der Waals surface area contributed by atoms with Crippen molar-refractivity contribution in [1.82, 2.24) is 9.36 Å². The number of nitrogens with zero attached hydrogens (tertiary/aromatic N) is 1. The molecule has 3 heterocycles. The Labute approximate surface area is 102 Å². The van der Waals surface area contributed by atoms with Crippen LogP contribution in [-0.4, -0.2) is 20.7 Å². The van der Waals surface area contributed by atoms with E-state index in [0.29, 0.717) is 5.52 Å². The summed E-state index contributed by atoms with van der Waals surface area (Å²) in [5.74, 6) is 0.0409. The van der Waals surface area contributed by atoms with Crippen molar-refractivity contribution in [2.75, 3.05) is 6.26 Å². The second-order valence-electron chi connectivity index (χ2n) is 3.18. The van der Waals surface area contributed by atoms with Crippen LogP contribution in [0.4, 0.5) is 0 Å². The van der Waals surface area contributed by atoms with Crippen molar-refractivity contribution in [3.05, 3.63) is 16.4 Å². The van der Waals surface area contributed by atoms with Crippen molar-refractivity contribution < 1.29 is 5.11 Å². The van der Waals surface area contributed by atoms with Gasteiger partial charge in [-0.05, 0) is 17.8 Å². The average molecular weight is 270 g/mol. The van der Waals surface area contributed by atoms with E-state index in [9.17, 15) is 9.90 Å². The van der Waals surface area contributed by atoms with E-state index in [2.05, 4.69) is 9.36 Å². The first-order chi connectivity index (χ1) is 7.70. The number of hydrogen-bond donors (Lipinski definition) is 2. The summed E-state index contributed by atoms with van der Waals surface area (Å²) >= 11 is 4.39. The lowest BCUT2D eigenvalue weighted by molar-refractivity contribution is 0.481. The van der Waals surface area contributed by atoms with Crippen molar-refractivity contribution in [2.45, 2.75) is 5.03 Å². The minimum atomic E-state index is -0.289. The average Bonchev–Trinajstić information content (AvgIpc) is 2.77. The molecule has 2 N–H and O–H groups in total. The number of aromatic hydroxyl groups is 1. The Morgan fingerprint density at radius 3 is 3.12 bits per heavy atom. The number of nitrogens with one attached hydrogen (secondary N) is 1. The standard InChI is InChI=1S/C9H6N2O2S3/c1-14-8-5-6-7(15-9(5)16-11-8)3(12)2-4(13)10-6/h2H,1H3,(H2,10,12,13). The van der Waals surface area contributed by atoms with Gasteiger partial charge in [-0.25, -0.2) is 0 Å². The summed E-state index contributed by atoms with van der Waals surface area (Å²) in [6.45, 7) is 0. The molecule has 3 aromatic heterocycles. The largest absolute Gasteiger partial charge is 0.506 e. The zero-order valence-electron chi connectivity index (χ0n) is 8.10. The molecule has 16 heavy (non-hydrogen) atoms. The molecule has 0 saturated carbocycles. The summed E-state index contributed by atoms with van der Waals surface area (Å²) in [6.07, 6.45) is 1.94. The van der Waals surface area contributed by atoms with E-state index in [1.807, 2.05) is 6.26 Å². The van der Waals surface area contributed by atoms with Crippen LogP contribution in [-0.2, 0) is 0 Å². The van der Waals surface area contributed by atoms with Gasteiger partial charge in [0.05, 0.1) is 15.6 Å². The summed E-state index contributed by atoms with van der Waals surface area (Å²) in [5, 5.41) is 11.5. The summed E-state index contributed by atoms with van der Waals surface area (Å²) in [5.41, 5.74) is 0.408. The number of aromatic nitrogens is 2. The van der Waals surface area contributed by atoms with Crippen molar-refractivity contribution in [2.24, 2.45) is 0 Å². The van der Waals surface area contributed by atoms with Crippen LogP contribution in [0.5, 0.6) is 5.75 Å². The highest BCUT2D eigenvalue weighted by molar-refractivity contribution is 7.98. The summed E-state index contributed by atoms with van der Waals surface area (Å²) in [4.78, 5) is 14.1. The molecule has 0 radical (unpaired) electrons. The maximum absolute atomic E-state index is 11.3. The highest BCUT2D eigenvalue weighted by atomic mass is 32.2. The molecule has 82 valence electrons. The van der Waals surface area contributed by atoms with Crippen LogP contribution < -0.4 is 5.56 Å². The van der Waals surface area contributed by atoms with Gasteiger partial charge in [0.25, 0.3) is 5.56 Å². The number of H-pyrrole nitrogens is 1. The highest BCUT2D eigenvalue weighted by Crippen LogP contribution is 2.42. The van der Waals surface area contributed by atoms with Gasteiger partial charge >= 0.3 is 0 Å². The lowest BCUT2D eigenvalue weighted by Gasteiger charge is -1.94. The van der Waals surface area contributed by atoms with Gasteiger partial charge in [-0.15, -0.1) is 23.1 Å². The fourth-order valence-corrected chi connectivity index (χ4v) is 4.50. The fraction of sp³-hybridized carbons (Fsp3) is 0.111. The Bertz CT molecular complexity index is 740. The normalized spacial score (nSPS) is 11.6. The maximum Gasteiger partial charge on any atom is 0.252 e. The molecular formula is C9H6N2O2S3. The minimum absolute atomic E-state index is 0.0409. The van der Waals surface area contributed by atoms with Crippen LogP contribution in [0.3, 0.4) is 0 Å². The van der Waals surface area contributed by atoms with Gasteiger partial charge in [-0.2, -0.15) is 4.37 Å². The molecule has 0 spiro atoms. The first kappa shape index (κ1) is 10.1. The SMILES string of the molecule is CSc1nsc2sc3c(O)cc(=O)[nH]c3c12. The molecule has 0 aliphatic rings. The van der Waals surface area contributed by atoms with Gasteiger partial charge in [0, 0.05) is 6.07 Å². The molecule has 0 aliphatic heterocycles. The van der Waals surface area contributed by atoms with E-state index in [0.717, 1.165) is 19.1 Å². The molecular weight excluding hydrogens is 264 g/mol. The van der Waals surface area contributed by atoms with Gasteiger partial charge in [0.1, 0.15) is 14.8 Å². The Balaban J connectivity index is 2.59. The second-order valence-corrected chi connectivity index (χ2v) is 6.03. The highest BCUT2D eigenvalue weighted by Gasteiger charge is 2.16. The molecule has 7 heteroatoms. The van der Waals surface area contributed by atoms with Crippen LogP contribution in [0.1, 0.15) is 0 Å². The van der Waals surface area contributed by atoms with E-state index in [-0.39, 0.29) is 11.3 Å². The third-order valence-electron chi connectivity index (χ3n) is 2.24. The maximum atomic E-state index is 11.3.